The van der Waals surface area contributed by atoms with Crippen LogP contribution in [-0.2, 0) is 12.7 Å². The maximum atomic E-state index is 12.3. The van der Waals surface area contributed by atoms with E-state index in [2.05, 4.69) is 15.5 Å². The fourth-order valence-corrected chi connectivity index (χ4v) is 1.51. The van der Waals surface area contributed by atoms with Crippen LogP contribution in [0.5, 0.6) is 0 Å². The molecule has 8 heteroatoms. The lowest BCUT2D eigenvalue weighted by molar-refractivity contribution is -0.147. The predicted octanol–water partition coefficient (Wildman–Crippen LogP) is 0.576. The predicted molar refractivity (Wildman–Crippen MR) is 44.7 cm³/mol. The number of halogens is 3. The van der Waals surface area contributed by atoms with Gasteiger partial charge in [0.1, 0.15) is 4.99 Å². The third kappa shape index (κ3) is 1.35. The smallest absolute Gasteiger partial charge is 0.371 e. The summed E-state index contributed by atoms with van der Waals surface area (Å²) in [5, 5.41) is 9.22. The van der Waals surface area contributed by atoms with E-state index in [1.165, 1.54) is 0 Å². The van der Waals surface area contributed by atoms with Gasteiger partial charge in [-0.15, -0.1) is 10.2 Å². The molecular weight excluding hydrogens is 217 g/mol. The third-order valence-corrected chi connectivity index (χ3v) is 2.16. The summed E-state index contributed by atoms with van der Waals surface area (Å²) in [6.07, 6.45) is -4.47. The summed E-state index contributed by atoms with van der Waals surface area (Å²) >= 11 is 4.79. The van der Waals surface area contributed by atoms with Gasteiger partial charge in [-0.05, 0) is 0 Å². The van der Waals surface area contributed by atoms with Gasteiger partial charge >= 0.3 is 6.18 Å². The lowest BCUT2D eigenvalue weighted by atomic mass is 10.4. The SMILES string of the molecule is FC(F)(F)c1nnc2n1CCNC2=S. The van der Waals surface area contributed by atoms with Crippen LogP contribution >= 0.6 is 12.2 Å². The van der Waals surface area contributed by atoms with Gasteiger partial charge in [0.05, 0.1) is 0 Å². The van der Waals surface area contributed by atoms with Gasteiger partial charge in [-0.1, -0.05) is 12.2 Å². The van der Waals surface area contributed by atoms with Crippen LogP contribution in [0.4, 0.5) is 13.2 Å². The number of alkyl halides is 3. The zero-order chi connectivity index (χ0) is 10.3. The van der Waals surface area contributed by atoms with Gasteiger partial charge in [0, 0.05) is 13.1 Å². The van der Waals surface area contributed by atoms with Crippen molar-refractivity contribution in [2.24, 2.45) is 0 Å². The van der Waals surface area contributed by atoms with Crippen molar-refractivity contribution in [1.29, 1.82) is 0 Å². The molecule has 0 aliphatic carbocycles. The largest absolute Gasteiger partial charge is 0.451 e. The minimum Gasteiger partial charge on any atom is -0.371 e. The first-order valence-electron chi connectivity index (χ1n) is 3.79. The molecular formula is C6H5F3N4S. The molecule has 0 unspecified atom stereocenters. The molecule has 1 aliphatic rings. The standard InChI is InChI=1S/C6H5F3N4S/c7-6(8,9)5-12-11-3-4(14)10-1-2-13(3)5/h1-2H2,(H,10,14). The summed E-state index contributed by atoms with van der Waals surface area (Å²) < 4.78 is 38.0. The maximum Gasteiger partial charge on any atom is 0.451 e. The summed E-state index contributed by atoms with van der Waals surface area (Å²) in [4.78, 5) is 0.208. The summed E-state index contributed by atoms with van der Waals surface area (Å²) in [5.41, 5.74) is 0. The number of thiocarbonyl (C=S) groups is 1. The van der Waals surface area contributed by atoms with E-state index in [1.54, 1.807) is 0 Å². The lowest BCUT2D eigenvalue weighted by Crippen LogP contribution is -2.36. The molecule has 0 saturated heterocycles. The highest BCUT2D eigenvalue weighted by molar-refractivity contribution is 7.80. The minimum absolute atomic E-state index is 0.0820. The third-order valence-electron chi connectivity index (χ3n) is 1.83. The lowest BCUT2D eigenvalue weighted by Gasteiger charge is -2.17. The van der Waals surface area contributed by atoms with Crippen molar-refractivity contribution in [3.05, 3.63) is 11.6 Å². The number of fused-ring (bicyclic) bond motifs is 1. The molecule has 1 aliphatic heterocycles. The molecule has 0 spiro atoms. The van der Waals surface area contributed by atoms with E-state index in [0.717, 1.165) is 4.57 Å². The second kappa shape index (κ2) is 2.91. The number of hydrogen-bond donors (Lipinski definition) is 1. The van der Waals surface area contributed by atoms with Crippen LogP contribution in [-0.4, -0.2) is 26.3 Å². The van der Waals surface area contributed by atoms with Crippen molar-refractivity contribution >= 4 is 17.2 Å². The molecule has 1 N–H and O–H groups in total. The van der Waals surface area contributed by atoms with Gasteiger partial charge in [-0.3, -0.25) is 4.57 Å². The monoisotopic (exact) mass is 222 g/mol. The highest BCUT2D eigenvalue weighted by Gasteiger charge is 2.39. The molecule has 14 heavy (non-hydrogen) atoms. The fourth-order valence-electron chi connectivity index (χ4n) is 1.25. The van der Waals surface area contributed by atoms with Crippen molar-refractivity contribution in [3.63, 3.8) is 0 Å². The summed E-state index contributed by atoms with van der Waals surface area (Å²) in [5.74, 6) is -0.907. The first-order valence-corrected chi connectivity index (χ1v) is 4.19. The maximum absolute atomic E-state index is 12.3. The average molecular weight is 222 g/mol. The van der Waals surface area contributed by atoms with Gasteiger partial charge in [0.15, 0.2) is 5.82 Å². The molecule has 0 aromatic carbocycles. The molecule has 0 radical (unpaired) electrons. The molecule has 2 rings (SSSR count). The Bertz CT molecular complexity index is 383. The van der Waals surface area contributed by atoms with Crippen molar-refractivity contribution in [3.8, 4) is 0 Å². The topological polar surface area (TPSA) is 42.7 Å². The van der Waals surface area contributed by atoms with Crippen molar-refractivity contribution in [2.45, 2.75) is 12.7 Å². The Morgan fingerprint density at radius 2 is 2.07 bits per heavy atom. The Hall–Kier alpha value is -1.18. The summed E-state index contributed by atoms with van der Waals surface area (Å²) in [6.45, 7) is 0.546. The van der Waals surface area contributed by atoms with Crippen LogP contribution in [0, 0.1) is 0 Å². The normalized spacial score (nSPS) is 16.4. The Balaban J connectivity index is 2.51. The first kappa shape index (κ1) is 9.38. The Labute approximate surface area is 82.1 Å². The Morgan fingerprint density at radius 1 is 1.36 bits per heavy atom. The molecule has 0 atom stereocenters. The zero-order valence-electron chi connectivity index (χ0n) is 6.80. The second-order valence-corrected chi connectivity index (χ2v) is 3.16. The van der Waals surface area contributed by atoms with Crippen LogP contribution < -0.4 is 5.32 Å². The molecule has 0 bridgehead atoms. The molecule has 1 aromatic rings. The number of rotatable bonds is 0. The summed E-state index contributed by atoms with van der Waals surface area (Å²) in [7, 11) is 0. The van der Waals surface area contributed by atoms with E-state index in [0.29, 0.717) is 6.54 Å². The van der Waals surface area contributed by atoms with Gasteiger partial charge in [0.25, 0.3) is 0 Å². The van der Waals surface area contributed by atoms with Gasteiger partial charge < -0.3 is 5.32 Å². The Kier molecular flexibility index (Phi) is 1.95. The number of hydrogen-bond acceptors (Lipinski definition) is 3. The molecule has 0 amide bonds. The number of aromatic nitrogens is 3. The van der Waals surface area contributed by atoms with Crippen LogP contribution in [0.25, 0.3) is 0 Å². The minimum atomic E-state index is -4.47. The fraction of sp³-hybridized carbons (Fsp3) is 0.500. The molecule has 1 aromatic heterocycles. The van der Waals surface area contributed by atoms with Crippen molar-refractivity contribution < 1.29 is 13.2 Å². The van der Waals surface area contributed by atoms with E-state index in [9.17, 15) is 13.2 Å². The van der Waals surface area contributed by atoms with Crippen LogP contribution in [0.15, 0.2) is 0 Å². The highest BCUT2D eigenvalue weighted by atomic mass is 32.1. The van der Waals surface area contributed by atoms with Crippen molar-refractivity contribution in [1.82, 2.24) is 20.1 Å². The number of nitrogens with zero attached hydrogens (tertiary/aromatic N) is 3. The van der Waals surface area contributed by atoms with E-state index >= 15 is 0 Å². The molecule has 4 nitrogen and oxygen atoms in total. The van der Waals surface area contributed by atoms with E-state index in [4.69, 9.17) is 12.2 Å². The zero-order valence-corrected chi connectivity index (χ0v) is 7.61. The second-order valence-electron chi connectivity index (χ2n) is 2.75. The molecule has 76 valence electrons. The van der Waals surface area contributed by atoms with Gasteiger partial charge in [-0.2, -0.15) is 13.2 Å². The van der Waals surface area contributed by atoms with E-state index < -0.39 is 12.0 Å². The van der Waals surface area contributed by atoms with Gasteiger partial charge in [0.2, 0.25) is 5.82 Å². The van der Waals surface area contributed by atoms with E-state index in [1.807, 2.05) is 0 Å². The Morgan fingerprint density at radius 3 is 2.71 bits per heavy atom. The quantitative estimate of drug-likeness (QED) is 0.652. The first-order chi connectivity index (χ1) is 6.50. The van der Waals surface area contributed by atoms with Crippen LogP contribution in [0.1, 0.15) is 11.6 Å². The number of nitrogens with one attached hydrogen (secondary N) is 1. The van der Waals surface area contributed by atoms with Crippen LogP contribution in [0.2, 0.25) is 0 Å². The summed E-state index contributed by atoms with van der Waals surface area (Å²) in [6, 6.07) is 0. The highest BCUT2D eigenvalue weighted by Crippen LogP contribution is 2.28. The van der Waals surface area contributed by atoms with E-state index in [-0.39, 0.29) is 17.4 Å². The molecule has 0 saturated carbocycles. The average Bonchev–Trinajstić information content (AvgIpc) is 2.47. The molecule has 0 fully saturated rings. The van der Waals surface area contributed by atoms with Crippen LogP contribution in [0.3, 0.4) is 0 Å². The van der Waals surface area contributed by atoms with Gasteiger partial charge in [-0.25, -0.2) is 0 Å². The molecule has 2 heterocycles. The van der Waals surface area contributed by atoms with Crippen molar-refractivity contribution in [2.75, 3.05) is 6.54 Å².